The molecule has 0 radical (unpaired) electrons. The molecule has 0 N–H and O–H groups in total. The molecule has 0 unspecified atom stereocenters. The molecule has 1 heteroatoms. The average Bonchev–Trinajstić information content (AvgIpc) is 2.41. The van der Waals surface area contributed by atoms with Crippen molar-refractivity contribution in [3.05, 3.63) is 83.9 Å². The van der Waals surface area contributed by atoms with E-state index in [0.29, 0.717) is 5.56 Å². The highest BCUT2D eigenvalue weighted by Crippen LogP contribution is 2.15. The molecule has 17 heavy (non-hydrogen) atoms. The zero-order valence-electron chi connectivity index (χ0n) is 9.38. The third-order valence-corrected chi connectivity index (χ3v) is 2.38. The van der Waals surface area contributed by atoms with Crippen molar-refractivity contribution in [2.45, 2.75) is 0 Å². The van der Waals surface area contributed by atoms with Crippen LogP contribution in [0, 0.1) is 0 Å². The number of halogens is 1. The third-order valence-electron chi connectivity index (χ3n) is 2.38. The van der Waals surface area contributed by atoms with Gasteiger partial charge in [-0.25, -0.2) is 4.39 Å². The van der Waals surface area contributed by atoms with Gasteiger partial charge in [0.25, 0.3) is 0 Å². The summed E-state index contributed by atoms with van der Waals surface area (Å²) in [5, 5.41) is 0. The van der Waals surface area contributed by atoms with E-state index in [2.05, 4.69) is 0 Å². The summed E-state index contributed by atoms with van der Waals surface area (Å²) in [6, 6.07) is 18.8. The Morgan fingerprint density at radius 2 is 1.41 bits per heavy atom. The predicted molar refractivity (Wildman–Crippen MR) is 71.0 cm³/mol. The number of hydrogen-bond donors (Lipinski definition) is 0. The van der Waals surface area contributed by atoms with E-state index in [9.17, 15) is 4.39 Å². The first-order valence-electron chi connectivity index (χ1n) is 5.50. The lowest BCUT2D eigenvalue weighted by Crippen LogP contribution is -1.75. The van der Waals surface area contributed by atoms with Crippen LogP contribution in [0.2, 0.25) is 0 Å². The molecule has 0 aliphatic carbocycles. The Kier molecular flexibility index (Phi) is 3.87. The van der Waals surface area contributed by atoms with Crippen LogP contribution < -0.4 is 0 Å². The Labute approximate surface area is 101 Å². The molecule has 0 nitrogen and oxygen atoms in total. The third kappa shape index (κ3) is 3.42. The molecule has 0 saturated carbocycles. The fourth-order valence-corrected chi connectivity index (χ4v) is 1.50. The van der Waals surface area contributed by atoms with Gasteiger partial charge in [0.05, 0.1) is 0 Å². The van der Waals surface area contributed by atoms with Crippen LogP contribution in [-0.4, -0.2) is 0 Å². The minimum Gasteiger partial charge on any atom is -0.206 e. The summed E-state index contributed by atoms with van der Waals surface area (Å²) in [4.78, 5) is 0. The highest BCUT2D eigenvalue weighted by molar-refractivity contribution is 5.63. The Balaban J connectivity index is 2.09. The molecule has 84 valence electrons. The first kappa shape index (κ1) is 11.3. The van der Waals surface area contributed by atoms with Gasteiger partial charge in [-0.05, 0) is 11.6 Å². The summed E-state index contributed by atoms with van der Waals surface area (Å²) in [5.74, 6) is -0.224. The average molecular weight is 224 g/mol. The lowest BCUT2D eigenvalue weighted by atomic mass is 10.2. The number of hydrogen-bond acceptors (Lipinski definition) is 0. The fraction of sp³-hybridized carbons (Fsp3) is 0. The van der Waals surface area contributed by atoms with E-state index in [-0.39, 0.29) is 5.83 Å². The maximum Gasteiger partial charge on any atom is 0.130 e. The fourth-order valence-electron chi connectivity index (χ4n) is 1.50. The van der Waals surface area contributed by atoms with Crippen molar-refractivity contribution < 1.29 is 4.39 Å². The van der Waals surface area contributed by atoms with Gasteiger partial charge in [-0.15, -0.1) is 0 Å². The molecule has 2 aromatic carbocycles. The normalized spacial score (nSPS) is 11.9. The highest BCUT2D eigenvalue weighted by Gasteiger charge is 1.95. The van der Waals surface area contributed by atoms with Gasteiger partial charge < -0.3 is 0 Å². The number of rotatable bonds is 3. The van der Waals surface area contributed by atoms with Crippen LogP contribution in [0.5, 0.6) is 0 Å². The van der Waals surface area contributed by atoms with E-state index in [0.717, 1.165) is 5.56 Å². The van der Waals surface area contributed by atoms with Gasteiger partial charge in [0.2, 0.25) is 0 Å². The van der Waals surface area contributed by atoms with Crippen LogP contribution in [0.1, 0.15) is 11.1 Å². The molecule has 0 aliphatic heterocycles. The van der Waals surface area contributed by atoms with Crippen LogP contribution in [0.4, 0.5) is 4.39 Å². The van der Waals surface area contributed by atoms with Gasteiger partial charge in [-0.1, -0.05) is 72.8 Å². The topological polar surface area (TPSA) is 0 Å². The Bertz CT molecular complexity index is 510. The summed E-state index contributed by atoms with van der Waals surface area (Å²) < 4.78 is 13.6. The molecule has 0 aromatic heterocycles. The molecule has 0 spiro atoms. The van der Waals surface area contributed by atoms with Crippen molar-refractivity contribution in [2.24, 2.45) is 0 Å². The monoisotopic (exact) mass is 224 g/mol. The summed E-state index contributed by atoms with van der Waals surface area (Å²) in [6.07, 6.45) is 5.07. The lowest BCUT2D eigenvalue weighted by molar-refractivity contribution is 0.760. The highest BCUT2D eigenvalue weighted by atomic mass is 19.1. The second kappa shape index (κ2) is 5.80. The predicted octanol–water partition coefficient (Wildman–Crippen LogP) is 4.71. The van der Waals surface area contributed by atoms with Crippen LogP contribution in [-0.2, 0) is 0 Å². The van der Waals surface area contributed by atoms with Gasteiger partial charge in [-0.3, -0.25) is 0 Å². The van der Waals surface area contributed by atoms with E-state index >= 15 is 0 Å². The van der Waals surface area contributed by atoms with E-state index in [1.54, 1.807) is 18.2 Å². The van der Waals surface area contributed by atoms with Crippen LogP contribution in [0.15, 0.2) is 72.8 Å². The van der Waals surface area contributed by atoms with Gasteiger partial charge in [-0.2, -0.15) is 0 Å². The van der Waals surface area contributed by atoms with Crippen molar-refractivity contribution in [3.63, 3.8) is 0 Å². The molecule has 2 aromatic rings. The second-order valence-corrected chi connectivity index (χ2v) is 3.65. The van der Waals surface area contributed by atoms with Gasteiger partial charge in [0.1, 0.15) is 5.83 Å². The van der Waals surface area contributed by atoms with Crippen LogP contribution >= 0.6 is 0 Å². The smallest absolute Gasteiger partial charge is 0.130 e. The summed E-state index contributed by atoms with van der Waals surface area (Å²) in [5.41, 5.74) is 1.66. The van der Waals surface area contributed by atoms with Gasteiger partial charge in [0.15, 0.2) is 0 Å². The van der Waals surface area contributed by atoms with Gasteiger partial charge >= 0.3 is 0 Å². The molecular formula is C16H13F. The zero-order valence-corrected chi connectivity index (χ0v) is 9.38. The summed E-state index contributed by atoms with van der Waals surface area (Å²) in [6.45, 7) is 0. The minimum atomic E-state index is -0.224. The number of benzene rings is 2. The van der Waals surface area contributed by atoms with E-state index in [4.69, 9.17) is 0 Å². The zero-order chi connectivity index (χ0) is 11.9. The van der Waals surface area contributed by atoms with E-state index in [1.807, 2.05) is 54.6 Å². The van der Waals surface area contributed by atoms with Crippen molar-refractivity contribution in [1.82, 2.24) is 0 Å². The molecule has 0 heterocycles. The van der Waals surface area contributed by atoms with Gasteiger partial charge in [0, 0.05) is 5.56 Å². The van der Waals surface area contributed by atoms with Crippen molar-refractivity contribution in [2.75, 3.05) is 0 Å². The lowest BCUT2D eigenvalue weighted by Gasteiger charge is -1.94. The molecule has 0 fully saturated rings. The SMILES string of the molecule is FC(=CC=Cc1ccccc1)c1ccccc1. The first-order valence-corrected chi connectivity index (χ1v) is 5.50. The maximum absolute atomic E-state index is 13.6. The molecule has 0 atom stereocenters. The Morgan fingerprint density at radius 3 is 2.06 bits per heavy atom. The first-order chi connectivity index (χ1) is 8.36. The van der Waals surface area contributed by atoms with Crippen molar-refractivity contribution >= 4 is 11.9 Å². The summed E-state index contributed by atoms with van der Waals surface area (Å²) in [7, 11) is 0. The Morgan fingerprint density at radius 1 is 0.824 bits per heavy atom. The Hall–Kier alpha value is -2.15. The molecule has 2 rings (SSSR count). The standard InChI is InChI=1S/C16H13F/c17-16(15-11-5-2-6-12-15)13-7-10-14-8-3-1-4-9-14/h1-13H. The molecule has 0 bridgehead atoms. The minimum absolute atomic E-state index is 0.224. The quantitative estimate of drug-likeness (QED) is 0.662. The summed E-state index contributed by atoms with van der Waals surface area (Å²) >= 11 is 0. The van der Waals surface area contributed by atoms with Crippen molar-refractivity contribution in [1.29, 1.82) is 0 Å². The molecular weight excluding hydrogens is 211 g/mol. The largest absolute Gasteiger partial charge is 0.206 e. The molecule has 0 saturated heterocycles. The number of allylic oxidation sites excluding steroid dienone is 2. The van der Waals surface area contributed by atoms with Crippen molar-refractivity contribution in [3.8, 4) is 0 Å². The maximum atomic E-state index is 13.6. The molecule has 0 amide bonds. The second-order valence-electron chi connectivity index (χ2n) is 3.65. The van der Waals surface area contributed by atoms with E-state index < -0.39 is 0 Å². The van der Waals surface area contributed by atoms with Crippen LogP contribution in [0.25, 0.3) is 11.9 Å². The molecule has 0 aliphatic rings. The van der Waals surface area contributed by atoms with Crippen LogP contribution in [0.3, 0.4) is 0 Å². The van der Waals surface area contributed by atoms with E-state index in [1.165, 1.54) is 6.08 Å².